The topological polar surface area (TPSA) is 44.8 Å². The molecule has 0 bridgehead atoms. The predicted octanol–water partition coefficient (Wildman–Crippen LogP) is 3.50. The number of rotatable bonds is 8. The Morgan fingerprint density at radius 3 is 2.32 bits per heavy atom. The van der Waals surface area contributed by atoms with Gasteiger partial charge in [-0.05, 0) is 55.0 Å². The number of ether oxygens (including phenoxy) is 1. The molecule has 1 aliphatic heterocycles. The summed E-state index contributed by atoms with van der Waals surface area (Å²) in [6.45, 7) is 5.58. The Bertz CT molecular complexity index is 747. The van der Waals surface area contributed by atoms with Crippen LogP contribution in [-0.4, -0.2) is 61.6 Å². The lowest BCUT2D eigenvalue weighted by atomic mass is 10.2. The quantitative estimate of drug-likeness (QED) is 0.683. The average molecular weight is 406 g/mol. The summed E-state index contributed by atoms with van der Waals surface area (Å²) in [4.78, 5) is 16.7. The molecule has 1 fully saturated rings. The molecule has 1 N–H and O–H groups in total. The van der Waals surface area contributed by atoms with Crippen LogP contribution in [0.2, 0.25) is 5.02 Å². The molecule has 2 aromatic carbocycles. The number of carbonyl (C=O) groups excluding carboxylic acids is 1. The first kappa shape index (κ1) is 20.6. The highest BCUT2D eigenvalue weighted by atomic mass is 35.5. The number of piperazine rings is 1. The second kappa shape index (κ2) is 10.4. The number of halogens is 2. The molecule has 2 aromatic rings. The first-order valence-electron chi connectivity index (χ1n) is 9.47. The van der Waals surface area contributed by atoms with Crippen molar-refractivity contribution < 1.29 is 13.9 Å². The Morgan fingerprint density at radius 2 is 1.64 bits per heavy atom. The highest BCUT2D eigenvalue weighted by molar-refractivity contribution is 6.30. The lowest BCUT2D eigenvalue weighted by Crippen LogP contribution is -2.48. The molecule has 0 aromatic heterocycles. The Balaban J connectivity index is 1.29. The van der Waals surface area contributed by atoms with Gasteiger partial charge in [-0.3, -0.25) is 9.69 Å². The third-order valence-electron chi connectivity index (χ3n) is 4.66. The van der Waals surface area contributed by atoms with Gasteiger partial charge in [0.25, 0.3) is 0 Å². The molecular formula is C21H25ClFN3O2. The largest absolute Gasteiger partial charge is 0.494 e. The highest BCUT2D eigenvalue weighted by Gasteiger charge is 2.18. The summed E-state index contributed by atoms with van der Waals surface area (Å²) < 4.78 is 18.6. The maximum Gasteiger partial charge on any atom is 0.238 e. The number of amides is 1. The molecule has 3 rings (SSSR count). The zero-order chi connectivity index (χ0) is 19.8. The van der Waals surface area contributed by atoms with Crippen molar-refractivity contribution in [1.82, 2.24) is 9.80 Å². The Kier molecular flexibility index (Phi) is 7.65. The van der Waals surface area contributed by atoms with Gasteiger partial charge in [0.15, 0.2) is 0 Å². The summed E-state index contributed by atoms with van der Waals surface area (Å²) >= 11 is 5.86. The molecule has 0 saturated carbocycles. The van der Waals surface area contributed by atoms with E-state index in [9.17, 15) is 9.18 Å². The van der Waals surface area contributed by atoms with E-state index < -0.39 is 0 Å². The van der Waals surface area contributed by atoms with Crippen molar-refractivity contribution in [2.45, 2.75) is 6.42 Å². The van der Waals surface area contributed by atoms with Gasteiger partial charge in [0.2, 0.25) is 5.91 Å². The maximum atomic E-state index is 12.9. The van der Waals surface area contributed by atoms with Crippen LogP contribution in [0.5, 0.6) is 5.75 Å². The van der Waals surface area contributed by atoms with Gasteiger partial charge < -0.3 is 15.0 Å². The smallest absolute Gasteiger partial charge is 0.238 e. The van der Waals surface area contributed by atoms with E-state index in [1.54, 1.807) is 12.1 Å². The molecule has 1 saturated heterocycles. The van der Waals surface area contributed by atoms with Crippen molar-refractivity contribution in [3.05, 3.63) is 59.4 Å². The molecule has 0 radical (unpaired) electrons. The molecule has 1 aliphatic rings. The lowest BCUT2D eigenvalue weighted by molar-refractivity contribution is -0.117. The van der Waals surface area contributed by atoms with Gasteiger partial charge in [0.05, 0.1) is 13.2 Å². The van der Waals surface area contributed by atoms with Gasteiger partial charge in [0, 0.05) is 43.4 Å². The van der Waals surface area contributed by atoms with E-state index in [0.717, 1.165) is 44.9 Å². The van der Waals surface area contributed by atoms with E-state index in [1.807, 2.05) is 24.3 Å². The third-order valence-corrected chi connectivity index (χ3v) is 4.91. The van der Waals surface area contributed by atoms with Crippen LogP contribution in [0.1, 0.15) is 6.42 Å². The number of benzene rings is 2. The Morgan fingerprint density at radius 1 is 1.00 bits per heavy atom. The van der Waals surface area contributed by atoms with E-state index in [0.29, 0.717) is 23.9 Å². The van der Waals surface area contributed by atoms with Gasteiger partial charge in [0.1, 0.15) is 11.6 Å². The normalized spacial score (nSPS) is 15.4. The Labute approximate surface area is 170 Å². The van der Waals surface area contributed by atoms with Gasteiger partial charge in [-0.25, -0.2) is 4.39 Å². The fourth-order valence-electron chi connectivity index (χ4n) is 3.12. The summed E-state index contributed by atoms with van der Waals surface area (Å²) in [5, 5.41) is 3.51. The van der Waals surface area contributed by atoms with Gasteiger partial charge >= 0.3 is 0 Å². The molecular weight excluding hydrogens is 381 g/mol. The summed E-state index contributed by atoms with van der Waals surface area (Å²) in [5.41, 5.74) is 0.616. The van der Waals surface area contributed by atoms with Crippen LogP contribution in [0, 0.1) is 5.82 Å². The van der Waals surface area contributed by atoms with Crippen molar-refractivity contribution in [2.75, 3.05) is 51.2 Å². The number of nitrogens with zero attached hydrogens (tertiary/aromatic N) is 2. The average Bonchev–Trinajstić information content (AvgIpc) is 2.70. The standard InChI is InChI=1S/C21H25ClFN3O2/c22-17-2-8-20(9-3-17)28-15-1-10-25-11-13-26(14-12-25)16-21(27)24-19-6-4-18(23)5-7-19/h2-9H,1,10-16H2,(H,24,27). The van der Waals surface area contributed by atoms with Crippen molar-refractivity contribution in [1.29, 1.82) is 0 Å². The van der Waals surface area contributed by atoms with Crippen molar-refractivity contribution >= 4 is 23.2 Å². The van der Waals surface area contributed by atoms with E-state index in [2.05, 4.69) is 15.1 Å². The van der Waals surface area contributed by atoms with Crippen LogP contribution < -0.4 is 10.1 Å². The van der Waals surface area contributed by atoms with E-state index >= 15 is 0 Å². The van der Waals surface area contributed by atoms with Gasteiger partial charge in [-0.2, -0.15) is 0 Å². The zero-order valence-electron chi connectivity index (χ0n) is 15.7. The first-order valence-corrected chi connectivity index (χ1v) is 9.85. The second-order valence-corrected chi connectivity index (χ2v) is 7.27. The van der Waals surface area contributed by atoms with Crippen molar-refractivity contribution in [3.63, 3.8) is 0 Å². The van der Waals surface area contributed by atoms with Gasteiger partial charge in [-0.15, -0.1) is 0 Å². The van der Waals surface area contributed by atoms with Crippen molar-refractivity contribution in [2.24, 2.45) is 0 Å². The summed E-state index contributed by atoms with van der Waals surface area (Å²) in [5.74, 6) is 0.450. The molecule has 0 spiro atoms. The maximum absolute atomic E-state index is 12.9. The molecule has 7 heteroatoms. The van der Waals surface area contributed by atoms with Gasteiger partial charge in [-0.1, -0.05) is 11.6 Å². The summed E-state index contributed by atoms with van der Waals surface area (Å²) in [6.07, 6.45) is 0.952. The summed E-state index contributed by atoms with van der Waals surface area (Å²) in [6, 6.07) is 13.2. The molecule has 0 aliphatic carbocycles. The second-order valence-electron chi connectivity index (χ2n) is 6.83. The fourth-order valence-corrected chi connectivity index (χ4v) is 3.24. The highest BCUT2D eigenvalue weighted by Crippen LogP contribution is 2.15. The van der Waals surface area contributed by atoms with Crippen LogP contribution >= 0.6 is 11.6 Å². The SMILES string of the molecule is O=C(CN1CCN(CCCOc2ccc(Cl)cc2)CC1)Nc1ccc(F)cc1. The predicted molar refractivity (Wildman–Crippen MR) is 109 cm³/mol. The minimum Gasteiger partial charge on any atom is -0.494 e. The lowest BCUT2D eigenvalue weighted by Gasteiger charge is -2.34. The van der Waals surface area contributed by atoms with E-state index in [-0.39, 0.29) is 11.7 Å². The Hall–Kier alpha value is -2.15. The molecule has 1 amide bonds. The summed E-state index contributed by atoms with van der Waals surface area (Å²) in [7, 11) is 0. The van der Waals surface area contributed by atoms with Crippen LogP contribution in [-0.2, 0) is 4.79 Å². The number of nitrogens with one attached hydrogen (secondary N) is 1. The van der Waals surface area contributed by atoms with Crippen LogP contribution in [0.25, 0.3) is 0 Å². The molecule has 28 heavy (non-hydrogen) atoms. The number of hydrogen-bond acceptors (Lipinski definition) is 4. The van der Waals surface area contributed by atoms with Crippen LogP contribution in [0.3, 0.4) is 0 Å². The molecule has 5 nitrogen and oxygen atoms in total. The fraction of sp³-hybridized carbons (Fsp3) is 0.381. The number of carbonyl (C=O) groups is 1. The molecule has 150 valence electrons. The molecule has 0 unspecified atom stereocenters. The zero-order valence-corrected chi connectivity index (χ0v) is 16.5. The van der Waals surface area contributed by atoms with Crippen LogP contribution in [0.15, 0.2) is 48.5 Å². The molecule has 0 atom stereocenters. The number of hydrogen-bond donors (Lipinski definition) is 1. The monoisotopic (exact) mass is 405 g/mol. The minimum atomic E-state index is -0.312. The molecule has 1 heterocycles. The van der Waals surface area contributed by atoms with E-state index in [1.165, 1.54) is 12.1 Å². The van der Waals surface area contributed by atoms with Crippen LogP contribution in [0.4, 0.5) is 10.1 Å². The van der Waals surface area contributed by atoms with E-state index in [4.69, 9.17) is 16.3 Å². The first-order chi connectivity index (χ1) is 13.6. The number of anilines is 1. The van der Waals surface area contributed by atoms with Crippen molar-refractivity contribution in [3.8, 4) is 5.75 Å². The third kappa shape index (κ3) is 6.78. The minimum absolute atomic E-state index is 0.0728.